The molecule has 1 fully saturated rings. The fraction of sp³-hybridized carbons (Fsp3) is 0.455. The second-order valence-electron chi connectivity index (χ2n) is 7.19. The van der Waals surface area contributed by atoms with Crippen LogP contribution in [0.4, 0.5) is 8.78 Å². The summed E-state index contributed by atoms with van der Waals surface area (Å²) in [5.74, 6) is -0.539. The second-order valence-corrected chi connectivity index (χ2v) is 7.19. The van der Waals surface area contributed by atoms with Crippen molar-refractivity contribution in [1.82, 2.24) is 4.90 Å². The van der Waals surface area contributed by atoms with Crippen molar-refractivity contribution in [3.05, 3.63) is 71.3 Å². The summed E-state index contributed by atoms with van der Waals surface area (Å²) in [6, 6.07) is 13.3. The molecule has 1 saturated heterocycles. The van der Waals surface area contributed by atoms with E-state index in [9.17, 15) is 8.78 Å². The molecule has 0 saturated carbocycles. The van der Waals surface area contributed by atoms with Gasteiger partial charge in [0.05, 0.1) is 6.10 Å². The normalized spacial score (nSPS) is 21.3. The van der Waals surface area contributed by atoms with Crippen molar-refractivity contribution in [2.75, 3.05) is 13.6 Å². The minimum absolute atomic E-state index is 0.142. The largest absolute Gasteiger partial charge is 0.365 e. The number of ether oxygens (including phenoxy) is 1. The topological polar surface area (TPSA) is 12.5 Å². The molecule has 2 aromatic rings. The lowest BCUT2D eigenvalue weighted by Gasteiger charge is -2.38. The van der Waals surface area contributed by atoms with Gasteiger partial charge in [0.25, 0.3) is 0 Å². The van der Waals surface area contributed by atoms with E-state index in [1.54, 1.807) is 24.3 Å². The summed E-state index contributed by atoms with van der Waals surface area (Å²) >= 11 is 0. The zero-order valence-electron chi connectivity index (χ0n) is 15.5. The molecular formula is C22H27F2NO. The Hall–Kier alpha value is -1.78. The molecule has 0 aliphatic carbocycles. The first-order valence-corrected chi connectivity index (χ1v) is 9.43. The Morgan fingerprint density at radius 1 is 1.00 bits per heavy atom. The zero-order valence-corrected chi connectivity index (χ0v) is 15.5. The van der Waals surface area contributed by atoms with Crippen molar-refractivity contribution >= 4 is 0 Å². The van der Waals surface area contributed by atoms with Crippen LogP contribution in [0.2, 0.25) is 0 Å². The van der Waals surface area contributed by atoms with Gasteiger partial charge in [-0.1, -0.05) is 37.6 Å². The molecule has 3 rings (SSSR count). The summed E-state index contributed by atoms with van der Waals surface area (Å²) in [6.07, 6.45) is 4.10. The van der Waals surface area contributed by atoms with E-state index in [-0.39, 0.29) is 23.8 Å². The molecule has 0 N–H and O–H groups in total. The molecule has 0 radical (unpaired) electrons. The Morgan fingerprint density at radius 3 is 2.04 bits per heavy atom. The van der Waals surface area contributed by atoms with Crippen LogP contribution < -0.4 is 0 Å². The lowest BCUT2D eigenvalue weighted by molar-refractivity contribution is -0.0408. The van der Waals surface area contributed by atoms with Gasteiger partial charge in [-0.3, -0.25) is 0 Å². The summed E-state index contributed by atoms with van der Waals surface area (Å²) in [5.41, 5.74) is 1.79. The van der Waals surface area contributed by atoms with Crippen molar-refractivity contribution in [1.29, 1.82) is 0 Å². The number of likely N-dealkylation sites (tertiary alicyclic amines) is 1. The first kappa shape index (κ1) is 19.0. The molecule has 1 aliphatic heterocycles. The van der Waals surface area contributed by atoms with Gasteiger partial charge < -0.3 is 9.64 Å². The molecule has 1 unspecified atom stereocenters. The smallest absolute Gasteiger partial charge is 0.123 e. The van der Waals surface area contributed by atoms with Crippen molar-refractivity contribution < 1.29 is 13.5 Å². The molecule has 140 valence electrons. The fourth-order valence-electron chi connectivity index (χ4n) is 3.74. The highest BCUT2D eigenvalue weighted by atomic mass is 19.1. The summed E-state index contributed by atoms with van der Waals surface area (Å²) < 4.78 is 33.2. The molecule has 1 heterocycles. The third-order valence-corrected chi connectivity index (χ3v) is 5.26. The molecule has 0 bridgehead atoms. The Morgan fingerprint density at radius 2 is 1.54 bits per heavy atom. The molecule has 0 aromatic heterocycles. The summed E-state index contributed by atoms with van der Waals surface area (Å²) in [7, 11) is 2.17. The second kappa shape index (κ2) is 8.74. The van der Waals surface area contributed by atoms with Crippen LogP contribution in [0, 0.1) is 11.6 Å². The van der Waals surface area contributed by atoms with Gasteiger partial charge in [-0.15, -0.1) is 0 Å². The highest BCUT2D eigenvalue weighted by Gasteiger charge is 2.29. The van der Waals surface area contributed by atoms with E-state index in [4.69, 9.17) is 4.74 Å². The Kier molecular flexibility index (Phi) is 6.38. The number of hydrogen-bond donors (Lipinski definition) is 0. The predicted molar refractivity (Wildman–Crippen MR) is 100 cm³/mol. The lowest BCUT2D eigenvalue weighted by Crippen LogP contribution is -2.42. The Bertz CT molecular complexity index is 641. The third kappa shape index (κ3) is 4.68. The molecule has 4 heteroatoms. The third-order valence-electron chi connectivity index (χ3n) is 5.26. The minimum atomic E-state index is -0.313. The van der Waals surface area contributed by atoms with Crippen LogP contribution in [0.5, 0.6) is 0 Å². The summed E-state index contributed by atoms with van der Waals surface area (Å²) in [6.45, 7) is 3.22. The number of piperidine rings is 1. The average Bonchev–Trinajstić information content (AvgIpc) is 2.64. The van der Waals surface area contributed by atoms with Crippen LogP contribution in [-0.2, 0) is 4.74 Å². The molecule has 0 amide bonds. The first-order chi connectivity index (χ1) is 12.6. The van der Waals surface area contributed by atoms with Crippen molar-refractivity contribution in [2.45, 2.75) is 50.9 Å². The van der Waals surface area contributed by atoms with Crippen molar-refractivity contribution in [3.63, 3.8) is 0 Å². The Labute approximate surface area is 154 Å². The van der Waals surface area contributed by atoms with Gasteiger partial charge in [0, 0.05) is 12.6 Å². The van der Waals surface area contributed by atoms with Gasteiger partial charge >= 0.3 is 0 Å². The van der Waals surface area contributed by atoms with E-state index in [0.717, 1.165) is 43.4 Å². The highest BCUT2D eigenvalue weighted by Crippen LogP contribution is 2.32. The van der Waals surface area contributed by atoms with Gasteiger partial charge in [-0.05, 0) is 61.7 Å². The number of rotatable bonds is 6. The van der Waals surface area contributed by atoms with Crippen LogP contribution in [0.25, 0.3) is 0 Å². The SMILES string of the molecule is CCC[C@@H]1CC(OC(c2ccc(F)cc2)c2ccc(F)cc2)CCN1C. The number of nitrogens with zero attached hydrogens (tertiary/aromatic N) is 1. The van der Waals surface area contributed by atoms with Crippen molar-refractivity contribution in [2.24, 2.45) is 0 Å². The minimum Gasteiger partial charge on any atom is -0.365 e. The van der Waals surface area contributed by atoms with Crippen LogP contribution in [-0.4, -0.2) is 30.6 Å². The Balaban J connectivity index is 1.81. The van der Waals surface area contributed by atoms with E-state index in [1.807, 2.05) is 0 Å². The van der Waals surface area contributed by atoms with Gasteiger partial charge in [0.15, 0.2) is 0 Å². The van der Waals surface area contributed by atoms with E-state index in [2.05, 4.69) is 18.9 Å². The van der Waals surface area contributed by atoms with Gasteiger partial charge in [-0.2, -0.15) is 0 Å². The summed E-state index contributed by atoms with van der Waals surface area (Å²) in [5, 5.41) is 0. The van der Waals surface area contributed by atoms with Gasteiger partial charge in [-0.25, -0.2) is 8.78 Å². The van der Waals surface area contributed by atoms with Gasteiger partial charge in [0.1, 0.15) is 17.7 Å². The monoisotopic (exact) mass is 359 g/mol. The maximum Gasteiger partial charge on any atom is 0.123 e. The lowest BCUT2D eigenvalue weighted by atomic mass is 9.95. The van der Waals surface area contributed by atoms with Crippen LogP contribution in [0.15, 0.2) is 48.5 Å². The summed E-state index contributed by atoms with van der Waals surface area (Å²) in [4.78, 5) is 2.41. The number of hydrogen-bond acceptors (Lipinski definition) is 2. The van der Waals surface area contributed by atoms with E-state index < -0.39 is 0 Å². The van der Waals surface area contributed by atoms with E-state index >= 15 is 0 Å². The highest BCUT2D eigenvalue weighted by molar-refractivity contribution is 5.30. The van der Waals surface area contributed by atoms with Crippen molar-refractivity contribution in [3.8, 4) is 0 Å². The fourth-order valence-corrected chi connectivity index (χ4v) is 3.74. The van der Waals surface area contributed by atoms with Crippen LogP contribution in [0.1, 0.15) is 49.8 Å². The van der Waals surface area contributed by atoms with E-state index in [1.165, 1.54) is 24.3 Å². The first-order valence-electron chi connectivity index (χ1n) is 9.43. The predicted octanol–water partition coefficient (Wildman–Crippen LogP) is 5.33. The maximum atomic E-state index is 13.3. The van der Waals surface area contributed by atoms with Gasteiger partial charge in [0.2, 0.25) is 0 Å². The van der Waals surface area contributed by atoms with Crippen LogP contribution >= 0.6 is 0 Å². The molecule has 2 nitrogen and oxygen atoms in total. The average molecular weight is 359 g/mol. The molecular weight excluding hydrogens is 332 g/mol. The molecule has 26 heavy (non-hydrogen) atoms. The standard InChI is InChI=1S/C22H27F2NO/c1-3-4-20-15-21(13-14-25(20)2)26-22(16-5-9-18(23)10-6-16)17-7-11-19(24)12-8-17/h5-12,20-22H,3-4,13-15H2,1-2H3/t20-,21?/m1/s1. The number of benzene rings is 2. The van der Waals surface area contributed by atoms with E-state index in [0.29, 0.717) is 6.04 Å². The maximum absolute atomic E-state index is 13.3. The molecule has 0 spiro atoms. The number of halogens is 2. The molecule has 1 aliphatic rings. The van der Waals surface area contributed by atoms with Crippen LogP contribution in [0.3, 0.4) is 0 Å². The zero-order chi connectivity index (χ0) is 18.5. The molecule has 2 atom stereocenters. The molecule has 2 aromatic carbocycles. The quantitative estimate of drug-likeness (QED) is 0.691.